The van der Waals surface area contributed by atoms with Crippen LogP contribution in [0.2, 0.25) is 0 Å². The average molecular weight is 560 g/mol. The molecule has 2 atom stereocenters. The molecular formula is C27H37N5O6S. The molecule has 2 aromatic rings. The monoisotopic (exact) mass is 559 g/mol. The van der Waals surface area contributed by atoms with Crippen molar-refractivity contribution in [1.82, 2.24) is 15.2 Å². The van der Waals surface area contributed by atoms with Crippen LogP contribution in [0.15, 0.2) is 29.6 Å². The number of rotatable bonds is 10. The summed E-state index contributed by atoms with van der Waals surface area (Å²) >= 11 is 1.49. The lowest BCUT2D eigenvalue weighted by Gasteiger charge is -2.41. The smallest absolute Gasteiger partial charge is 0.412 e. The Kier molecular flexibility index (Phi) is 11.1. The van der Waals surface area contributed by atoms with Gasteiger partial charge in [0.1, 0.15) is 5.84 Å². The van der Waals surface area contributed by atoms with Gasteiger partial charge in [-0.25, -0.2) is 14.6 Å². The maximum atomic E-state index is 12.3. The van der Waals surface area contributed by atoms with E-state index in [2.05, 4.69) is 10.2 Å². The summed E-state index contributed by atoms with van der Waals surface area (Å²) in [5.74, 6) is -0.307. The molecule has 2 N–H and O–H groups in total. The number of amides is 2. The SMILES string of the molecule is CCOC(=O)CCN(c1nc(-c2ccc(C(=N)NC(=O)OCC)cc2)cs1)C1CCN(C(=O)OCC)C(C)C1. The highest BCUT2D eigenvalue weighted by Gasteiger charge is 2.34. The van der Waals surface area contributed by atoms with Crippen molar-refractivity contribution >= 4 is 40.5 Å². The van der Waals surface area contributed by atoms with E-state index in [9.17, 15) is 14.4 Å². The fourth-order valence-corrected chi connectivity index (χ4v) is 5.40. The van der Waals surface area contributed by atoms with Gasteiger partial charge in [0, 0.05) is 41.7 Å². The third kappa shape index (κ3) is 8.16. The van der Waals surface area contributed by atoms with Crippen LogP contribution in [0.1, 0.15) is 52.5 Å². The van der Waals surface area contributed by atoms with E-state index in [4.69, 9.17) is 24.6 Å². The number of piperidine rings is 1. The molecule has 2 amide bonds. The van der Waals surface area contributed by atoms with E-state index in [1.54, 1.807) is 37.8 Å². The molecule has 1 fully saturated rings. The highest BCUT2D eigenvalue weighted by molar-refractivity contribution is 7.14. The number of hydrogen-bond donors (Lipinski definition) is 2. The van der Waals surface area contributed by atoms with Gasteiger partial charge in [-0.2, -0.15) is 0 Å². The molecule has 0 aliphatic carbocycles. The van der Waals surface area contributed by atoms with E-state index in [0.717, 1.165) is 29.2 Å². The number of nitrogens with one attached hydrogen (secondary N) is 2. The first-order valence-electron chi connectivity index (χ1n) is 13.2. The normalized spacial score (nSPS) is 16.8. The lowest BCUT2D eigenvalue weighted by molar-refractivity contribution is -0.142. The van der Waals surface area contributed by atoms with Crippen molar-refractivity contribution in [3.05, 3.63) is 35.2 Å². The van der Waals surface area contributed by atoms with Crippen molar-refractivity contribution in [2.24, 2.45) is 0 Å². The van der Waals surface area contributed by atoms with Gasteiger partial charge in [-0.3, -0.25) is 15.5 Å². The first-order chi connectivity index (χ1) is 18.8. The first kappa shape index (κ1) is 29.9. The average Bonchev–Trinajstić information content (AvgIpc) is 3.39. The van der Waals surface area contributed by atoms with E-state index in [0.29, 0.717) is 31.9 Å². The zero-order chi connectivity index (χ0) is 28.4. The van der Waals surface area contributed by atoms with Crippen molar-refractivity contribution in [2.75, 3.05) is 37.8 Å². The molecule has 2 heterocycles. The second-order valence-corrected chi connectivity index (χ2v) is 9.82. The number of hydrogen-bond acceptors (Lipinski definition) is 10. The Morgan fingerprint density at radius 2 is 1.79 bits per heavy atom. The number of carbonyl (C=O) groups is 3. The summed E-state index contributed by atoms with van der Waals surface area (Å²) < 4.78 is 15.2. The predicted octanol–water partition coefficient (Wildman–Crippen LogP) is 4.65. The van der Waals surface area contributed by atoms with Gasteiger partial charge < -0.3 is 24.0 Å². The van der Waals surface area contributed by atoms with Crippen LogP contribution in [-0.2, 0) is 19.0 Å². The number of carbonyl (C=O) groups excluding carboxylic acids is 3. The Morgan fingerprint density at radius 3 is 2.44 bits per heavy atom. The van der Waals surface area contributed by atoms with Crippen molar-refractivity contribution in [1.29, 1.82) is 5.41 Å². The number of thiazole rings is 1. The summed E-state index contributed by atoms with van der Waals surface area (Å²) in [4.78, 5) is 44.9. The van der Waals surface area contributed by atoms with E-state index in [1.807, 2.05) is 24.4 Å². The molecule has 3 rings (SSSR count). The first-order valence-corrected chi connectivity index (χ1v) is 14.1. The Balaban J connectivity index is 1.75. The van der Waals surface area contributed by atoms with Crippen molar-refractivity contribution < 1.29 is 28.6 Å². The van der Waals surface area contributed by atoms with Crippen LogP contribution >= 0.6 is 11.3 Å². The zero-order valence-electron chi connectivity index (χ0n) is 22.9. The second kappa shape index (κ2) is 14.5. The van der Waals surface area contributed by atoms with Gasteiger partial charge in [-0.15, -0.1) is 11.3 Å². The molecule has 39 heavy (non-hydrogen) atoms. The number of amidine groups is 1. The standard InChI is InChI=1S/C27H37N5O6S/c1-5-36-23(33)13-15-32(21-12-14-31(18(4)16-21)27(35)38-7-3)25-29-22(17-39-25)19-8-10-20(11-9-19)24(28)30-26(34)37-6-2/h8-11,17-18,21H,5-7,12-16H2,1-4H3,(H2,28,30,34). The van der Waals surface area contributed by atoms with E-state index >= 15 is 0 Å². The molecule has 1 saturated heterocycles. The van der Waals surface area contributed by atoms with Crippen molar-refractivity contribution in [3.63, 3.8) is 0 Å². The zero-order valence-corrected chi connectivity index (χ0v) is 23.7. The van der Waals surface area contributed by atoms with Gasteiger partial charge in [0.05, 0.1) is 31.9 Å². The molecule has 1 aliphatic rings. The highest BCUT2D eigenvalue weighted by atomic mass is 32.1. The van der Waals surface area contributed by atoms with E-state index in [-0.39, 0.29) is 43.0 Å². The number of ether oxygens (including phenoxy) is 3. The summed E-state index contributed by atoms with van der Waals surface area (Å²) in [6.45, 7) is 9.20. The molecule has 212 valence electrons. The Labute approximate surface area is 232 Å². The molecule has 1 aliphatic heterocycles. The number of alkyl carbamates (subject to hydrolysis) is 1. The molecule has 12 heteroatoms. The van der Waals surface area contributed by atoms with Crippen LogP contribution in [0.25, 0.3) is 11.3 Å². The van der Waals surface area contributed by atoms with Crippen LogP contribution in [0.3, 0.4) is 0 Å². The topological polar surface area (TPSA) is 134 Å². The van der Waals surface area contributed by atoms with Gasteiger partial charge in [0.25, 0.3) is 0 Å². The van der Waals surface area contributed by atoms with Gasteiger partial charge in [-0.1, -0.05) is 24.3 Å². The summed E-state index contributed by atoms with van der Waals surface area (Å²) in [7, 11) is 0. The minimum atomic E-state index is -0.666. The minimum Gasteiger partial charge on any atom is -0.466 e. The number of benzene rings is 1. The highest BCUT2D eigenvalue weighted by Crippen LogP contribution is 2.32. The number of likely N-dealkylation sites (tertiary alicyclic amines) is 1. The molecule has 2 unspecified atom stereocenters. The van der Waals surface area contributed by atoms with Gasteiger partial charge in [0.15, 0.2) is 5.13 Å². The molecule has 11 nitrogen and oxygen atoms in total. The van der Waals surface area contributed by atoms with Crippen LogP contribution in [0.5, 0.6) is 0 Å². The number of aromatic nitrogens is 1. The van der Waals surface area contributed by atoms with Crippen molar-refractivity contribution in [2.45, 2.75) is 59.0 Å². The number of esters is 1. The van der Waals surface area contributed by atoms with E-state index in [1.165, 1.54) is 11.3 Å². The maximum Gasteiger partial charge on any atom is 0.412 e. The molecule has 0 radical (unpaired) electrons. The fourth-order valence-electron chi connectivity index (χ4n) is 4.47. The van der Waals surface area contributed by atoms with Crippen LogP contribution in [-0.4, -0.2) is 78.9 Å². The molecule has 0 bridgehead atoms. The van der Waals surface area contributed by atoms with Gasteiger partial charge in [0.2, 0.25) is 0 Å². The summed E-state index contributed by atoms with van der Waals surface area (Å²) in [6, 6.07) is 7.26. The number of anilines is 1. The lowest BCUT2D eigenvalue weighted by atomic mass is 9.97. The molecule has 1 aromatic heterocycles. The lowest BCUT2D eigenvalue weighted by Crippen LogP contribution is -2.51. The van der Waals surface area contributed by atoms with E-state index < -0.39 is 6.09 Å². The van der Waals surface area contributed by atoms with Crippen LogP contribution in [0.4, 0.5) is 14.7 Å². The fraction of sp³-hybridized carbons (Fsp3) is 0.519. The predicted molar refractivity (Wildman–Crippen MR) is 149 cm³/mol. The van der Waals surface area contributed by atoms with Crippen molar-refractivity contribution in [3.8, 4) is 11.3 Å². The Bertz CT molecular complexity index is 1140. The summed E-state index contributed by atoms with van der Waals surface area (Å²) in [5.41, 5.74) is 2.17. The maximum absolute atomic E-state index is 12.3. The quantitative estimate of drug-likeness (QED) is 0.186. The third-order valence-electron chi connectivity index (χ3n) is 6.36. The molecule has 0 saturated carbocycles. The minimum absolute atomic E-state index is 0.0154. The summed E-state index contributed by atoms with van der Waals surface area (Å²) in [5, 5.41) is 13.2. The Hall–Kier alpha value is -3.67. The molecule has 0 spiro atoms. The largest absolute Gasteiger partial charge is 0.466 e. The van der Waals surface area contributed by atoms with Gasteiger partial charge in [-0.05, 0) is 40.5 Å². The van der Waals surface area contributed by atoms with Crippen LogP contribution < -0.4 is 10.2 Å². The third-order valence-corrected chi connectivity index (χ3v) is 7.24. The van der Waals surface area contributed by atoms with Gasteiger partial charge >= 0.3 is 18.2 Å². The molecule has 1 aromatic carbocycles. The second-order valence-electron chi connectivity index (χ2n) is 8.98. The molecular weight excluding hydrogens is 522 g/mol. The summed E-state index contributed by atoms with van der Waals surface area (Å²) in [6.07, 6.45) is 0.721. The Morgan fingerprint density at radius 1 is 1.10 bits per heavy atom. The van der Waals surface area contributed by atoms with Crippen LogP contribution in [0, 0.1) is 5.41 Å². The number of nitrogens with zero attached hydrogens (tertiary/aromatic N) is 3.